The fraction of sp³-hybridized carbons (Fsp3) is 0.273. The molecule has 0 atom stereocenters. The summed E-state index contributed by atoms with van der Waals surface area (Å²) in [6.45, 7) is 0. The van der Waals surface area contributed by atoms with Gasteiger partial charge in [0, 0.05) is 24.1 Å². The summed E-state index contributed by atoms with van der Waals surface area (Å²) in [7, 11) is 0. The highest BCUT2D eigenvalue weighted by Gasteiger charge is 2.12. The number of aromatic nitrogens is 2. The fourth-order valence-electron chi connectivity index (χ4n) is 3.28. The molecule has 9 heteroatoms. The number of hydrogen-bond donors (Lipinski definition) is 5. The molecule has 0 radical (unpaired) electrons. The molecule has 0 aliphatic rings. The average molecular weight is 423 g/mol. The highest BCUT2D eigenvalue weighted by molar-refractivity contribution is 6.04. The van der Waals surface area contributed by atoms with Crippen LogP contribution in [0.2, 0.25) is 0 Å². The lowest BCUT2D eigenvalue weighted by molar-refractivity contribution is -0.129. The quantitative estimate of drug-likeness (QED) is 0.193. The van der Waals surface area contributed by atoms with Crippen LogP contribution in [0.5, 0.6) is 0 Å². The van der Waals surface area contributed by atoms with Gasteiger partial charge < -0.3 is 16.0 Å². The van der Waals surface area contributed by atoms with Gasteiger partial charge in [-0.25, -0.2) is 10.5 Å². The lowest BCUT2D eigenvalue weighted by atomic mass is 10.1. The second-order valence-electron chi connectivity index (χ2n) is 7.23. The van der Waals surface area contributed by atoms with Crippen LogP contribution >= 0.6 is 0 Å². The van der Waals surface area contributed by atoms with Gasteiger partial charge in [-0.15, -0.1) is 0 Å². The number of fused-ring (bicyclic) bond motifs is 1. The van der Waals surface area contributed by atoms with Crippen LogP contribution in [0, 0.1) is 0 Å². The zero-order valence-electron chi connectivity index (χ0n) is 17.0. The van der Waals surface area contributed by atoms with Crippen molar-refractivity contribution < 1.29 is 19.6 Å². The Morgan fingerprint density at radius 2 is 1.61 bits per heavy atom. The fourth-order valence-corrected chi connectivity index (χ4v) is 3.28. The minimum Gasteiger partial charge on any atom is -0.366 e. The number of anilines is 1. The number of benzene rings is 2. The third-order valence-electron chi connectivity index (χ3n) is 4.90. The molecule has 31 heavy (non-hydrogen) atoms. The van der Waals surface area contributed by atoms with Crippen molar-refractivity contribution in [3.05, 3.63) is 48.0 Å². The highest BCUT2D eigenvalue weighted by atomic mass is 16.5. The molecule has 3 aromatic rings. The zero-order valence-corrected chi connectivity index (χ0v) is 17.0. The lowest BCUT2D eigenvalue weighted by Crippen LogP contribution is -2.17. The molecule has 0 bridgehead atoms. The van der Waals surface area contributed by atoms with E-state index in [-0.39, 0.29) is 12.3 Å². The second kappa shape index (κ2) is 10.4. The molecular formula is C22H25N5O4. The van der Waals surface area contributed by atoms with Crippen molar-refractivity contribution in [1.82, 2.24) is 15.4 Å². The minimum atomic E-state index is -0.530. The molecule has 3 rings (SSSR count). The summed E-state index contributed by atoms with van der Waals surface area (Å²) in [6, 6.07) is 12.5. The number of carbonyl (C=O) groups is 3. The Labute approximate surface area is 179 Å². The van der Waals surface area contributed by atoms with E-state index in [1.165, 1.54) is 0 Å². The number of nitrogens with two attached hydrogens (primary N) is 1. The third kappa shape index (κ3) is 5.89. The van der Waals surface area contributed by atoms with Crippen molar-refractivity contribution in [1.29, 1.82) is 0 Å². The zero-order chi connectivity index (χ0) is 22.2. The normalized spacial score (nSPS) is 10.7. The number of rotatable bonds is 10. The molecule has 2 aromatic carbocycles. The first-order valence-electron chi connectivity index (χ1n) is 10.1. The average Bonchev–Trinajstić information content (AvgIpc) is 3.20. The standard InChI is InChI=1S/C22H25N5O4/c23-21(30)16-6-5-7-17-20(16)26-22(25-17)14-10-12-15(13-11-14)24-18(28)8-3-1-2-4-9-19(29)27-31/h5-7,10-13,31H,1-4,8-9H2,(H2,23,30)(H,24,28)(H,25,26)(H,27,29). The maximum Gasteiger partial charge on any atom is 0.250 e. The van der Waals surface area contributed by atoms with E-state index in [2.05, 4.69) is 15.3 Å². The van der Waals surface area contributed by atoms with E-state index in [0.29, 0.717) is 35.4 Å². The van der Waals surface area contributed by atoms with Crippen LogP contribution in [0.15, 0.2) is 42.5 Å². The van der Waals surface area contributed by atoms with Gasteiger partial charge in [-0.05, 0) is 49.2 Å². The summed E-state index contributed by atoms with van der Waals surface area (Å²) in [4.78, 5) is 42.3. The smallest absolute Gasteiger partial charge is 0.250 e. The van der Waals surface area contributed by atoms with Gasteiger partial charge in [-0.3, -0.25) is 19.6 Å². The molecule has 162 valence electrons. The summed E-state index contributed by atoms with van der Waals surface area (Å²) < 4.78 is 0. The van der Waals surface area contributed by atoms with Crippen molar-refractivity contribution >= 4 is 34.4 Å². The molecule has 0 saturated carbocycles. The number of H-pyrrole nitrogens is 1. The highest BCUT2D eigenvalue weighted by Crippen LogP contribution is 2.24. The molecule has 3 amide bonds. The second-order valence-corrected chi connectivity index (χ2v) is 7.23. The molecule has 0 aliphatic heterocycles. The van der Waals surface area contributed by atoms with E-state index in [9.17, 15) is 14.4 Å². The first-order chi connectivity index (χ1) is 15.0. The molecule has 0 unspecified atom stereocenters. The predicted octanol–water partition coefficient (Wildman–Crippen LogP) is 3.11. The number of aromatic amines is 1. The first-order valence-corrected chi connectivity index (χ1v) is 10.1. The van der Waals surface area contributed by atoms with Crippen LogP contribution in [0.1, 0.15) is 48.9 Å². The Morgan fingerprint density at radius 1 is 0.935 bits per heavy atom. The Kier molecular flexibility index (Phi) is 7.34. The van der Waals surface area contributed by atoms with Crippen molar-refractivity contribution in [2.45, 2.75) is 38.5 Å². The van der Waals surface area contributed by atoms with Crippen LogP contribution in [0.25, 0.3) is 22.4 Å². The van der Waals surface area contributed by atoms with Crippen molar-refractivity contribution in [2.75, 3.05) is 5.32 Å². The molecule has 9 nitrogen and oxygen atoms in total. The Bertz CT molecular complexity index is 1080. The van der Waals surface area contributed by atoms with Crippen molar-refractivity contribution in [2.24, 2.45) is 5.73 Å². The maximum atomic E-state index is 12.1. The molecule has 0 fully saturated rings. The van der Waals surface area contributed by atoms with Crippen LogP contribution in [-0.4, -0.2) is 32.9 Å². The van der Waals surface area contributed by atoms with Gasteiger partial charge >= 0.3 is 0 Å². The SMILES string of the molecule is NC(=O)c1cccc2[nH]c(-c3ccc(NC(=O)CCCCCCC(=O)NO)cc3)nc12. The van der Waals surface area contributed by atoms with Gasteiger partial charge in [-0.1, -0.05) is 18.9 Å². The van der Waals surface area contributed by atoms with Gasteiger partial charge in [-0.2, -0.15) is 0 Å². The van der Waals surface area contributed by atoms with Gasteiger partial charge in [0.15, 0.2) is 0 Å². The van der Waals surface area contributed by atoms with E-state index in [1.54, 1.807) is 29.7 Å². The Balaban J connectivity index is 1.52. The van der Waals surface area contributed by atoms with Gasteiger partial charge in [0.2, 0.25) is 11.8 Å². The molecule has 6 N–H and O–H groups in total. The molecule has 0 saturated heterocycles. The van der Waals surface area contributed by atoms with Gasteiger partial charge in [0.1, 0.15) is 11.3 Å². The molecule has 1 aromatic heterocycles. The van der Waals surface area contributed by atoms with Crippen LogP contribution < -0.4 is 16.5 Å². The number of nitrogens with one attached hydrogen (secondary N) is 3. The van der Waals surface area contributed by atoms with Gasteiger partial charge in [0.25, 0.3) is 5.91 Å². The number of hydrogen-bond acceptors (Lipinski definition) is 5. The summed E-state index contributed by atoms with van der Waals surface area (Å²) in [5, 5.41) is 11.3. The number of imidazole rings is 1. The Hall–Kier alpha value is -3.72. The van der Waals surface area contributed by atoms with Crippen LogP contribution in [0.4, 0.5) is 5.69 Å². The van der Waals surface area contributed by atoms with E-state index in [4.69, 9.17) is 10.9 Å². The summed E-state index contributed by atoms with van der Waals surface area (Å²) in [6.07, 6.45) is 3.75. The largest absolute Gasteiger partial charge is 0.366 e. The van der Waals surface area contributed by atoms with E-state index in [0.717, 1.165) is 30.3 Å². The Morgan fingerprint density at radius 3 is 2.26 bits per heavy atom. The van der Waals surface area contributed by atoms with Crippen molar-refractivity contribution in [3.63, 3.8) is 0 Å². The molecular weight excluding hydrogens is 398 g/mol. The summed E-state index contributed by atoms with van der Waals surface area (Å²) >= 11 is 0. The number of unbranched alkanes of at least 4 members (excludes halogenated alkanes) is 3. The maximum absolute atomic E-state index is 12.1. The van der Waals surface area contributed by atoms with E-state index >= 15 is 0 Å². The topological polar surface area (TPSA) is 150 Å². The lowest BCUT2D eigenvalue weighted by Gasteiger charge is -2.06. The minimum absolute atomic E-state index is 0.0734. The number of amides is 3. The number of primary amides is 1. The van der Waals surface area contributed by atoms with E-state index in [1.807, 2.05) is 18.2 Å². The third-order valence-corrected chi connectivity index (χ3v) is 4.90. The monoisotopic (exact) mass is 423 g/mol. The van der Waals surface area contributed by atoms with Gasteiger partial charge in [0.05, 0.1) is 11.1 Å². The summed E-state index contributed by atoms with van der Waals surface area (Å²) in [5.74, 6) is -0.387. The predicted molar refractivity (Wildman–Crippen MR) is 116 cm³/mol. The first kappa shape index (κ1) is 22.0. The number of carbonyl (C=O) groups excluding carboxylic acids is 3. The van der Waals surface area contributed by atoms with Crippen molar-refractivity contribution in [3.8, 4) is 11.4 Å². The van der Waals surface area contributed by atoms with Crippen LogP contribution in [0.3, 0.4) is 0 Å². The molecule has 1 heterocycles. The summed E-state index contributed by atoms with van der Waals surface area (Å²) in [5.41, 5.74) is 10.1. The molecule has 0 aliphatic carbocycles. The van der Waals surface area contributed by atoms with E-state index < -0.39 is 11.8 Å². The van der Waals surface area contributed by atoms with Crippen LogP contribution in [-0.2, 0) is 9.59 Å². The number of hydroxylamine groups is 1. The molecule has 0 spiro atoms. The number of para-hydroxylation sites is 1. The number of nitrogens with zero attached hydrogens (tertiary/aromatic N) is 1.